The highest BCUT2D eigenvalue weighted by atomic mass is 16.6. The van der Waals surface area contributed by atoms with E-state index in [2.05, 4.69) is 10.4 Å². The van der Waals surface area contributed by atoms with Crippen LogP contribution in [0, 0.1) is 20.8 Å². The number of rotatable bonds is 3. The fourth-order valence-electron chi connectivity index (χ4n) is 3.36. The Morgan fingerprint density at radius 2 is 1.64 bits per heavy atom. The summed E-state index contributed by atoms with van der Waals surface area (Å²) < 4.78 is 13.6. The Kier molecular flexibility index (Phi) is 4.55. The van der Waals surface area contributed by atoms with E-state index in [-0.39, 0.29) is 5.91 Å². The van der Waals surface area contributed by atoms with Crippen LogP contribution in [0.5, 0.6) is 11.5 Å². The van der Waals surface area contributed by atoms with Crippen molar-refractivity contribution in [3.8, 4) is 17.2 Å². The molecule has 0 saturated carbocycles. The molecule has 0 spiro atoms. The third-order valence-electron chi connectivity index (χ3n) is 4.92. The van der Waals surface area contributed by atoms with Crippen LogP contribution < -0.4 is 14.8 Å². The zero-order valence-corrected chi connectivity index (χ0v) is 16.4. The second-order valence-electron chi connectivity index (χ2n) is 7.09. The summed E-state index contributed by atoms with van der Waals surface area (Å²) in [7, 11) is 0. The summed E-state index contributed by atoms with van der Waals surface area (Å²) >= 11 is 0. The van der Waals surface area contributed by atoms with Crippen molar-refractivity contribution in [3.63, 3.8) is 0 Å². The van der Waals surface area contributed by atoms with E-state index in [0.29, 0.717) is 17.2 Å². The van der Waals surface area contributed by atoms with E-state index >= 15 is 0 Å². The monoisotopic (exact) mass is 377 g/mol. The van der Waals surface area contributed by atoms with Crippen molar-refractivity contribution in [2.75, 3.05) is 5.32 Å². The highest BCUT2D eigenvalue weighted by Gasteiger charge is 2.34. The van der Waals surface area contributed by atoms with Crippen LogP contribution in [0.1, 0.15) is 23.9 Å². The molecule has 1 amide bonds. The van der Waals surface area contributed by atoms with Gasteiger partial charge < -0.3 is 14.8 Å². The average molecular weight is 377 g/mol. The molecule has 2 unspecified atom stereocenters. The van der Waals surface area contributed by atoms with Crippen molar-refractivity contribution in [2.45, 2.75) is 39.9 Å². The second-order valence-corrected chi connectivity index (χ2v) is 7.09. The first-order valence-electron chi connectivity index (χ1n) is 9.30. The van der Waals surface area contributed by atoms with E-state index in [0.717, 1.165) is 17.1 Å². The summed E-state index contributed by atoms with van der Waals surface area (Å²) in [6.07, 6.45) is -1.14. The Morgan fingerprint density at radius 3 is 2.32 bits per heavy atom. The van der Waals surface area contributed by atoms with Crippen molar-refractivity contribution >= 4 is 11.6 Å². The van der Waals surface area contributed by atoms with Crippen LogP contribution in [0.2, 0.25) is 0 Å². The SMILES string of the molecule is Cc1ccc(-n2nc(C)c(NC(=O)C3Oc4ccccc4OC3C)c2C)cc1. The lowest BCUT2D eigenvalue weighted by Gasteiger charge is -2.31. The van der Waals surface area contributed by atoms with Crippen molar-refractivity contribution in [3.05, 3.63) is 65.5 Å². The molecule has 2 atom stereocenters. The summed E-state index contributed by atoms with van der Waals surface area (Å²) in [5, 5.41) is 7.58. The fourth-order valence-corrected chi connectivity index (χ4v) is 3.36. The number of carbonyl (C=O) groups excluding carboxylic acids is 1. The second kappa shape index (κ2) is 7.03. The smallest absolute Gasteiger partial charge is 0.269 e. The molecular weight excluding hydrogens is 354 g/mol. The Balaban J connectivity index is 1.58. The number of nitrogens with zero attached hydrogens (tertiary/aromatic N) is 2. The van der Waals surface area contributed by atoms with Crippen LogP contribution in [0.15, 0.2) is 48.5 Å². The first-order chi connectivity index (χ1) is 13.4. The van der Waals surface area contributed by atoms with Crippen molar-refractivity contribution < 1.29 is 14.3 Å². The molecule has 144 valence electrons. The van der Waals surface area contributed by atoms with Gasteiger partial charge in [0.2, 0.25) is 6.10 Å². The topological polar surface area (TPSA) is 65.4 Å². The lowest BCUT2D eigenvalue weighted by atomic mass is 10.1. The van der Waals surface area contributed by atoms with E-state index in [9.17, 15) is 4.79 Å². The van der Waals surface area contributed by atoms with E-state index in [1.165, 1.54) is 5.56 Å². The van der Waals surface area contributed by atoms with Crippen molar-refractivity contribution in [1.29, 1.82) is 0 Å². The van der Waals surface area contributed by atoms with Crippen LogP contribution >= 0.6 is 0 Å². The summed E-state index contributed by atoms with van der Waals surface area (Å²) in [4.78, 5) is 12.9. The van der Waals surface area contributed by atoms with Gasteiger partial charge in [-0.3, -0.25) is 4.79 Å². The van der Waals surface area contributed by atoms with Gasteiger partial charge in [-0.2, -0.15) is 5.10 Å². The van der Waals surface area contributed by atoms with Crippen molar-refractivity contribution in [1.82, 2.24) is 9.78 Å². The van der Waals surface area contributed by atoms with Crippen LogP contribution in [-0.2, 0) is 4.79 Å². The van der Waals surface area contributed by atoms with Gasteiger partial charge in [-0.05, 0) is 52.0 Å². The number of hydrogen-bond acceptors (Lipinski definition) is 4. The highest BCUT2D eigenvalue weighted by Crippen LogP contribution is 2.34. The number of ether oxygens (including phenoxy) is 2. The molecular formula is C22H23N3O3. The van der Waals surface area contributed by atoms with E-state index in [4.69, 9.17) is 9.47 Å². The molecule has 1 aliphatic rings. The molecule has 0 fully saturated rings. The average Bonchev–Trinajstić information content (AvgIpc) is 2.96. The summed E-state index contributed by atoms with van der Waals surface area (Å²) in [5.74, 6) is 0.972. The number of amides is 1. The number of hydrogen-bond donors (Lipinski definition) is 1. The number of carbonyl (C=O) groups is 1. The standard InChI is InChI=1S/C22H23N3O3/c1-13-9-11-17(12-10-13)25-15(3)20(14(2)24-25)23-22(26)21-16(4)27-18-7-5-6-8-19(18)28-21/h5-12,16,21H,1-4H3,(H,23,26). The minimum absolute atomic E-state index is 0.253. The van der Waals surface area contributed by atoms with Gasteiger partial charge in [0.15, 0.2) is 11.5 Å². The van der Waals surface area contributed by atoms with Gasteiger partial charge in [-0.25, -0.2) is 4.68 Å². The lowest BCUT2D eigenvalue weighted by Crippen LogP contribution is -2.46. The predicted octanol–water partition coefficient (Wildman–Crippen LogP) is 3.96. The number of anilines is 1. The molecule has 2 heterocycles. The lowest BCUT2D eigenvalue weighted by molar-refractivity contribution is -0.128. The Bertz CT molecular complexity index is 1020. The van der Waals surface area contributed by atoms with Gasteiger partial charge in [-0.1, -0.05) is 29.8 Å². The Hall–Kier alpha value is -3.28. The summed E-state index contributed by atoms with van der Waals surface area (Å²) in [5.41, 5.74) is 4.43. The molecule has 0 saturated heterocycles. The van der Waals surface area contributed by atoms with E-state index in [1.54, 1.807) is 6.07 Å². The highest BCUT2D eigenvalue weighted by molar-refractivity contribution is 5.96. The normalized spacial score (nSPS) is 18.0. The van der Waals surface area contributed by atoms with Gasteiger partial charge in [-0.15, -0.1) is 0 Å². The molecule has 0 bridgehead atoms. The number of aryl methyl sites for hydroxylation is 2. The maximum atomic E-state index is 12.9. The molecule has 1 N–H and O–H groups in total. The van der Waals surface area contributed by atoms with Gasteiger partial charge in [0, 0.05) is 0 Å². The molecule has 1 aromatic heterocycles. The Labute approximate surface area is 164 Å². The molecule has 0 radical (unpaired) electrons. The van der Waals surface area contributed by atoms with Crippen LogP contribution in [0.25, 0.3) is 5.69 Å². The predicted molar refractivity (Wildman–Crippen MR) is 107 cm³/mol. The van der Waals surface area contributed by atoms with Crippen LogP contribution in [0.4, 0.5) is 5.69 Å². The largest absolute Gasteiger partial charge is 0.482 e. The molecule has 4 rings (SSSR count). The number of para-hydroxylation sites is 2. The van der Waals surface area contributed by atoms with E-state index < -0.39 is 12.2 Å². The third kappa shape index (κ3) is 3.22. The van der Waals surface area contributed by atoms with Gasteiger partial charge in [0.25, 0.3) is 5.91 Å². The van der Waals surface area contributed by atoms with Gasteiger partial charge in [0.05, 0.1) is 22.8 Å². The fraction of sp³-hybridized carbons (Fsp3) is 0.273. The molecule has 6 nitrogen and oxygen atoms in total. The minimum atomic E-state index is -0.739. The first-order valence-corrected chi connectivity index (χ1v) is 9.30. The first kappa shape index (κ1) is 18.1. The van der Waals surface area contributed by atoms with Gasteiger partial charge in [0.1, 0.15) is 6.10 Å². The number of fused-ring (bicyclic) bond motifs is 1. The molecule has 1 aliphatic heterocycles. The number of nitrogens with one attached hydrogen (secondary N) is 1. The van der Waals surface area contributed by atoms with Gasteiger partial charge >= 0.3 is 0 Å². The molecule has 6 heteroatoms. The van der Waals surface area contributed by atoms with Crippen LogP contribution in [-0.4, -0.2) is 27.9 Å². The zero-order chi connectivity index (χ0) is 19.8. The number of aromatic nitrogens is 2. The third-order valence-corrected chi connectivity index (χ3v) is 4.92. The Morgan fingerprint density at radius 1 is 1.00 bits per heavy atom. The number of benzene rings is 2. The molecule has 3 aromatic rings. The van der Waals surface area contributed by atoms with E-state index in [1.807, 2.05) is 74.8 Å². The maximum Gasteiger partial charge on any atom is 0.269 e. The maximum absolute atomic E-state index is 12.9. The van der Waals surface area contributed by atoms with Crippen LogP contribution in [0.3, 0.4) is 0 Å². The molecule has 28 heavy (non-hydrogen) atoms. The van der Waals surface area contributed by atoms with Crippen molar-refractivity contribution in [2.24, 2.45) is 0 Å². The molecule has 2 aromatic carbocycles. The quantitative estimate of drug-likeness (QED) is 0.750. The summed E-state index contributed by atoms with van der Waals surface area (Å²) in [6, 6.07) is 15.5. The minimum Gasteiger partial charge on any atom is -0.482 e. The zero-order valence-electron chi connectivity index (χ0n) is 16.4. The summed E-state index contributed by atoms with van der Waals surface area (Å²) in [6.45, 7) is 7.69. The molecule has 0 aliphatic carbocycles.